The lowest BCUT2D eigenvalue weighted by atomic mass is 10.2. The first-order valence-electron chi connectivity index (χ1n) is 7.53. The van der Waals surface area contributed by atoms with Gasteiger partial charge < -0.3 is 5.73 Å². The first kappa shape index (κ1) is 15.5. The molecule has 124 valence electrons. The molecule has 0 radical (unpaired) electrons. The van der Waals surface area contributed by atoms with Gasteiger partial charge in [0.15, 0.2) is 5.36 Å². The summed E-state index contributed by atoms with van der Waals surface area (Å²) in [5, 5.41) is 1.89. The van der Waals surface area contributed by atoms with E-state index in [9.17, 15) is 9.59 Å². The third-order valence-corrected chi connectivity index (χ3v) is 4.16. The fourth-order valence-corrected chi connectivity index (χ4v) is 3.09. The van der Waals surface area contributed by atoms with Crippen LogP contribution >= 0.6 is 11.6 Å². The van der Waals surface area contributed by atoms with Gasteiger partial charge in [-0.2, -0.15) is 0 Å². The minimum absolute atomic E-state index is 0.0455. The summed E-state index contributed by atoms with van der Waals surface area (Å²) in [7, 11) is 0. The van der Waals surface area contributed by atoms with Crippen molar-refractivity contribution in [1.82, 2.24) is 9.55 Å². The van der Waals surface area contributed by atoms with Gasteiger partial charge in [-0.25, -0.2) is 0 Å². The third-order valence-electron chi connectivity index (χ3n) is 3.93. The Labute approximate surface area is 146 Å². The number of carbonyl (C=O) groups excluding carboxylic acids is 1. The predicted molar refractivity (Wildman–Crippen MR) is 92.3 cm³/mol. The van der Waals surface area contributed by atoms with Crippen molar-refractivity contribution in [3.8, 4) is 5.69 Å². The molecule has 1 aliphatic heterocycles. The monoisotopic (exact) mass is 353 g/mol. The molecule has 0 saturated carbocycles. The van der Waals surface area contributed by atoms with Crippen molar-refractivity contribution in [3.63, 3.8) is 0 Å². The Kier molecular flexibility index (Phi) is 3.58. The van der Waals surface area contributed by atoms with Gasteiger partial charge in [-0.3, -0.25) is 29.1 Å². The van der Waals surface area contributed by atoms with Crippen LogP contribution in [0.2, 0.25) is 5.02 Å². The number of rotatable bonds is 3. The second-order valence-corrected chi connectivity index (χ2v) is 6.06. The predicted octanol–water partition coefficient (Wildman–Crippen LogP) is 0.493. The SMILES string of the molecule is NC(=O)CC1N=c2c(c3ccc(Cl)cc3n(-c3cccnc3)c2=O)=N1. The van der Waals surface area contributed by atoms with Gasteiger partial charge in [0.2, 0.25) is 5.91 Å². The van der Waals surface area contributed by atoms with E-state index in [4.69, 9.17) is 17.3 Å². The number of pyridine rings is 2. The summed E-state index contributed by atoms with van der Waals surface area (Å²) in [6.07, 6.45) is 2.49. The Hall–Kier alpha value is -3.06. The summed E-state index contributed by atoms with van der Waals surface area (Å²) in [6, 6.07) is 8.72. The van der Waals surface area contributed by atoms with Crippen LogP contribution in [0, 0.1) is 0 Å². The highest BCUT2D eigenvalue weighted by atomic mass is 35.5. The number of hydrogen-bond acceptors (Lipinski definition) is 5. The van der Waals surface area contributed by atoms with E-state index in [1.54, 1.807) is 42.7 Å². The minimum Gasteiger partial charge on any atom is -0.370 e. The lowest BCUT2D eigenvalue weighted by Gasteiger charge is -2.10. The number of aromatic nitrogens is 2. The van der Waals surface area contributed by atoms with Gasteiger partial charge >= 0.3 is 0 Å². The first-order valence-corrected chi connectivity index (χ1v) is 7.91. The summed E-state index contributed by atoms with van der Waals surface area (Å²) in [4.78, 5) is 37.0. The van der Waals surface area contributed by atoms with Crippen LogP contribution in [-0.4, -0.2) is 21.6 Å². The molecule has 1 aliphatic rings. The van der Waals surface area contributed by atoms with Crippen LogP contribution in [0.25, 0.3) is 16.6 Å². The first-order chi connectivity index (χ1) is 12.0. The average molecular weight is 354 g/mol. The molecule has 0 aliphatic carbocycles. The van der Waals surface area contributed by atoms with Crippen molar-refractivity contribution in [2.75, 3.05) is 0 Å². The largest absolute Gasteiger partial charge is 0.370 e. The molecule has 0 fully saturated rings. The Bertz CT molecular complexity index is 1190. The van der Waals surface area contributed by atoms with E-state index >= 15 is 0 Å². The van der Waals surface area contributed by atoms with E-state index in [0.717, 1.165) is 5.39 Å². The molecular weight excluding hydrogens is 342 g/mol. The van der Waals surface area contributed by atoms with Crippen molar-refractivity contribution in [3.05, 3.63) is 68.8 Å². The molecule has 1 atom stereocenters. The molecule has 1 unspecified atom stereocenters. The third kappa shape index (κ3) is 2.58. The smallest absolute Gasteiger partial charge is 0.283 e. The van der Waals surface area contributed by atoms with Crippen molar-refractivity contribution in [2.45, 2.75) is 12.6 Å². The zero-order chi connectivity index (χ0) is 17.6. The highest BCUT2D eigenvalue weighted by Gasteiger charge is 2.20. The maximum atomic E-state index is 13.0. The molecule has 2 N–H and O–H groups in total. The number of hydrogen-bond donors (Lipinski definition) is 1. The van der Waals surface area contributed by atoms with E-state index in [1.807, 2.05) is 0 Å². The number of halogens is 1. The van der Waals surface area contributed by atoms with Crippen LogP contribution in [0.1, 0.15) is 6.42 Å². The van der Waals surface area contributed by atoms with E-state index in [1.165, 1.54) is 4.57 Å². The fourth-order valence-electron chi connectivity index (χ4n) is 2.92. The zero-order valence-corrected chi connectivity index (χ0v) is 13.6. The molecule has 25 heavy (non-hydrogen) atoms. The van der Waals surface area contributed by atoms with Crippen LogP contribution in [0.4, 0.5) is 0 Å². The molecule has 4 rings (SSSR count). The molecule has 3 heterocycles. The highest BCUT2D eigenvalue weighted by Crippen LogP contribution is 2.18. The highest BCUT2D eigenvalue weighted by molar-refractivity contribution is 6.31. The molecule has 0 spiro atoms. The number of carbonyl (C=O) groups is 1. The minimum atomic E-state index is -0.677. The normalized spacial score (nSPS) is 15.5. The van der Waals surface area contributed by atoms with Crippen molar-refractivity contribution in [2.24, 2.45) is 15.7 Å². The second-order valence-electron chi connectivity index (χ2n) is 5.62. The number of benzene rings is 1. The van der Waals surface area contributed by atoms with E-state index in [0.29, 0.717) is 21.6 Å². The van der Waals surface area contributed by atoms with Gasteiger partial charge in [0.25, 0.3) is 5.56 Å². The molecule has 3 aromatic rings. The van der Waals surface area contributed by atoms with Gasteiger partial charge in [0.05, 0.1) is 23.8 Å². The maximum absolute atomic E-state index is 13.0. The van der Waals surface area contributed by atoms with Crippen LogP contribution in [0.5, 0.6) is 0 Å². The van der Waals surface area contributed by atoms with Crippen LogP contribution in [0.15, 0.2) is 57.5 Å². The summed E-state index contributed by atoms with van der Waals surface area (Å²) in [5.41, 5.74) is 6.08. The van der Waals surface area contributed by atoms with Gasteiger partial charge in [0, 0.05) is 16.6 Å². The van der Waals surface area contributed by atoms with E-state index < -0.39 is 12.1 Å². The topological polar surface area (TPSA) is 103 Å². The van der Waals surface area contributed by atoms with Crippen LogP contribution in [0.3, 0.4) is 0 Å². The Morgan fingerprint density at radius 2 is 2.04 bits per heavy atom. The second kappa shape index (κ2) is 5.78. The molecule has 8 heteroatoms. The zero-order valence-electron chi connectivity index (χ0n) is 12.9. The van der Waals surface area contributed by atoms with Gasteiger partial charge in [-0.05, 0) is 30.3 Å². The molecule has 2 aromatic heterocycles. The van der Waals surface area contributed by atoms with Gasteiger partial charge in [-0.1, -0.05) is 11.6 Å². The van der Waals surface area contributed by atoms with Crippen molar-refractivity contribution >= 4 is 28.4 Å². The number of nitrogens with two attached hydrogens (primary N) is 1. The van der Waals surface area contributed by atoms with E-state index in [-0.39, 0.29) is 17.3 Å². The van der Waals surface area contributed by atoms with Crippen LogP contribution in [-0.2, 0) is 4.79 Å². The molecule has 0 saturated heterocycles. The van der Waals surface area contributed by atoms with Crippen molar-refractivity contribution in [1.29, 1.82) is 0 Å². The average Bonchev–Trinajstić information content (AvgIpc) is 2.99. The standard InChI is InChI=1S/C17H12ClN5O2/c18-9-3-4-11-12(6-9)23(10-2-1-5-20-8-10)17(25)16-15(11)21-14(22-16)7-13(19)24/h1-6,8,14H,7H2,(H2,19,24). The van der Waals surface area contributed by atoms with Gasteiger partial charge in [-0.15, -0.1) is 0 Å². The number of fused-ring (bicyclic) bond motifs is 3. The van der Waals surface area contributed by atoms with Gasteiger partial charge in [0.1, 0.15) is 11.5 Å². The lowest BCUT2D eigenvalue weighted by Crippen LogP contribution is -2.43. The quantitative estimate of drug-likeness (QED) is 0.741. The Morgan fingerprint density at radius 3 is 2.76 bits per heavy atom. The molecule has 0 bridgehead atoms. The number of amides is 1. The van der Waals surface area contributed by atoms with E-state index in [2.05, 4.69) is 15.0 Å². The molecule has 1 amide bonds. The summed E-state index contributed by atoms with van der Waals surface area (Å²) >= 11 is 6.13. The molecule has 1 aromatic carbocycles. The molecule has 7 nitrogen and oxygen atoms in total. The molecular formula is C17H12ClN5O2. The summed E-state index contributed by atoms with van der Waals surface area (Å²) in [5.74, 6) is -0.523. The number of primary amides is 1. The maximum Gasteiger partial charge on any atom is 0.283 e. The number of nitrogens with zero attached hydrogens (tertiary/aromatic N) is 4. The summed E-state index contributed by atoms with van der Waals surface area (Å²) in [6.45, 7) is 0. The Balaban J connectivity index is 2.13. The van der Waals surface area contributed by atoms with Crippen molar-refractivity contribution < 1.29 is 4.79 Å². The lowest BCUT2D eigenvalue weighted by molar-refractivity contribution is -0.118. The Morgan fingerprint density at radius 1 is 1.24 bits per heavy atom. The van der Waals surface area contributed by atoms with Crippen LogP contribution < -0.4 is 22.0 Å². The summed E-state index contributed by atoms with van der Waals surface area (Å²) < 4.78 is 1.50. The fraction of sp³-hybridized carbons (Fsp3) is 0.118.